The van der Waals surface area contributed by atoms with Gasteiger partial charge in [-0.1, -0.05) is 12.1 Å². The minimum atomic E-state index is -0.961. The first-order valence-corrected chi connectivity index (χ1v) is 5.14. The van der Waals surface area contributed by atoms with E-state index >= 15 is 0 Å². The highest BCUT2D eigenvalue weighted by Crippen LogP contribution is 2.29. The molecule has 6 nitrogen and oxygen atoms in total. The molecule has 0 heterocycles. The molecule has 0 aromatic heterocycles. The van der Waals surface area contributed by atoms with E-state index in [4.69, 9.17) is 10.8 Å². The number of nitro groups is 1. The van der Waals surface area contributed by atoms with Gasteiger partial charge in [0.1, 0.15) is 0 Å². The molecule has 0 amide bonds. The van der Waals surface area contributed by atoms with Crippen LogP contribution in [-0.4, -0.2) is 16.0 Å². The number of aryl methyl sites for hydroxylation is 1. The second-order valence-electron chi connectivity index (χ2n) is 3.80. The second-order valence-corrected chi connectivity index (χ2v) is 3.80. The van der Waals surface area contributed by atoms with Crippen LogP contribution in [0.5, 0.6) is 0 Å². The van der Waals surface area contributed by atoms with Crippen molar-refractivity contribution in [3.63, 3.8) is 0 Å². The second kappa shape index (κ2) is 5.40. The van der Waals surface area contributed by atoms with Gasteiger partial charge < -0.3 is 10.8 Å². The van der Waals surface area contributed by atoms with Crippen molar-refractivity contribution in [2.24, 2.45) is 5.73 Å². The predicted molar refractivity (Wildman–Crippen MR) is 61.6 cm³/mol. The van der Waals surface area contributed by atoms with Gasteiger partial charge in [-0.2, -0.15) is 0 Å². The van der Waals surface area contributed by atoms with Crippen molar-refractivity contribution in [1.82, 2.24) is 0 Å². The summed E-state index contributed by atoms with van der Waals surface area (Å²) < 4.78 is 0. The number of carboxylic acids is 1. The first kappa shape index (κ1) is 13.1. The SMILES string of the molecule is Cc1cccc([N+](=O)[O-])c1C(N)CCC(=O)O. The zero-order valence-corrected chi connectivity index (χ0v) is 9.42. The normalized spacial score (nSPS) is 12.1. The van der Waals surface area contributed by atoms with Crippen LogP contribution in [0.2, 0.25) is 0 Å². The van der Waals surface area contributed by atoms with Crippen molar-refractivity contribution >= 4 is 11.7 Å². The summed E-state index contributed by atoms with van der Waals surface area (Å²) in [7, 11) is 0. The van der Waals surface area contributed by atoms with E-state index in [1.807, 2.05) is 0 Å². The maximum absolute atomic E-state index is 10.9. The van der Waals surface area contributed by atoms with Crippen molar-refractivity contribution in [3.8, 4) is 0 Å². The summed E-state index contributed by atoms with van der Waals surface area (Å²) in [5, 5.41) is 19.4. The van der Waals surface area contributed by atoms with E-state index in [-0.39, 0.29) is 18.5 Å². The van der Waals surface area contributed by atoms with Gasteiger partial charge in [0.15, 0.2) is 0 Å². The zero-order valence-electron chi connectivity index (χ0n) is 9.42. The van der Waals surface area contributed by atoms with Crippen LogP contribution in [0.4, 0.5) is 5.69 Å². The van der Waals surface area contributed by atoms with Crippen LogP contribution in [0, 0.1) is 17.0 Å². The van der Waals surface area contributed by atoms with E-state index in [1.54, 1.807) is 19.1 Å². The molecular formula is C11H14N2O4. The van der Waals surface area contributed by atoms with E-state index < -0.39 is 16.9 Å². The molecule has 92 valence electrons. The van der Waals surface area contributed by atoms with E-state index in [0.717, 1.165) is 0 Å². The molecule has 1 atom stereocenters. The predicted octanol–water partition coefficient (Wildman–Crippen LogP) is 1.77. The number of hydrogen-bond donors (Lipinski definition) is 2. The van der Waals surface area contributed by atoms with Crippen LogP contribution < -0.4 is 5.73 Å². The maximum Gasteiger partial charge on any atom is 0.303 e. The van der Waals surface area contributed by atoms with E-state index in [1.165, 1.54) is 6.07 Å². The molecule has 0 aliphatic carbocycles. The summed E-state index contributed by atoms with van der Waals surface area (Å²) in [6, 6.07) is 4.06. The van der Waals surface area contributed by atoms with Crippen molar-refractivity contribution < 1.29 is 14.8 Å². The minimum absolute atomic E-state index is 0.0529. The Kier molecular flexibility index (Phi) is 4.17. The fraction of sp³-hybridized carbons (Fsp3) is 0.364. The monoisotopic (exact) mass is 238 g/mol. The van der Waals surface area contributed by atoms with Gasteiger partial charge in [-0.05, 0) is 18.9 Å². The highest BCUT2D eigenvalue weighted by molar-refractivity contribution is 5.66. The van der Waals surface area contributed by atoms with Gasteiger partial charge in [0.25, 0.3) is 5.69 Å². The lowest BCUT2D eigenvalue weighted by molar-refractivity contribution is -0.385. The zero-order chi connectivity index (χ0) is 13.0. The summed E-state index contributed by atoms with van der Waals surface area (Å²) in [4.78, 5) is 20.8. The smallest absolute Gasteiger partial charge is 0.303 e. The first-order chi connectivity index (χ1) is 7.93. The molecule has 1 unspecified atom stereocenters. The number of carbonyl (C=O) groups is 1. The van der Waals surface area contributed by atoms with Crippen molar-refractivity contribution in [3.05, 3.63) is 39.4 Å². The molecule has 0 saturated heterocycles. The molecule has 0 radical (unpaired) electrons. The van der Waals surface area contributed by atoms with E-state index in [2.05, 4.69) is 0 Å². The molecule has 6 heteroatoms. The highest BCUT2D eigenvalue weighted by atomic mass is 16.6. The Balaban J connectivity index is 3.02. The number of hydrogen-bond acceptors (Lipinski definition) is 4. The Morgan fingerprint density at radius 3 is 2.76 bits per heavy atom. The Bertz CT molecular complexity index is 445. The fourth-order valence-electron chi connectivity index (χ4n) is 1.73. The van der Waals surface area contributed by atoms with Gasteiger partial charge in [0.05, 0.1) is 4.92 Å². The summed E-state index contributed by atoms with van der Waals surface area (Å²) in [5.74, 6) is -0.961. The molecular weight excluding hydrogens is 224 g/mol. The van der Waals surface area contributed by atoms with Gasteiger partial charge in [0.2, 0.25) is 0 Å². The number of aliphatic carboxylic acids is 1. The highest BCUT2D eigenvalue weighted by Gasteiger charge is 2.21. The molecule has 0 bridgehead atoms. The summed E-state index contributed by atoms with van der Waals surface area (Å²) in [6.45, 7) is 1.73. The number of rotatable bonds is 5. The summed E-state index contributed by atoms with van der Waals surface area (Å²) in [6.07, 6.45) is 0.0771. The number of nitro benzene ring substituents is 1. The van der Waals surface area contributed by atoms with Gasteiger partial charge in [0, 0.05) is 24.1 Å². The number of benzene rings is 1. The van der Waals surface area contributed by atoms with Crippen molar-refractivity contribution in [2.45, 2.75) is 25.8 Å². The molecule has 0 aliphatic heterocycles. The third-order valence-corrected chi connectivity index (χ3v) is 2.54. The van der Waals surface area contributed by atoms with Gasteiger partial charge in [-0.15, -0.1) is 0 Å². The molecule has 0 aliphatic rings. The van der Waals surface area contributed by atoms with Crippen LogP contribution in [0.15, 0.2) is 18.2 Å². The average Bonchev–Trinajstić information content (AvgIpc) is 2.25. The molecule has 17 heavy (non-hydrogen) atoms. The van der Waals surface area contributed by atoms with Crippen LogP contribution in [0.3, 0.4) is 0 Å². The lowest BCUT2D eigenvalue weighted by Gasteiger charge is -2.13. The Morgan fingerprint density at radius 1 is 1.59 bits per heavy atom. The van der Waals surface area contributed by atoms with E-state index in [0.29, 0.717) is 11.1 Å². The molecule has 0 saturated carbocycles. The standard InChI is InChI=1S/C11H14N2O4/c1-7-3-2-4-9(13(16)17)11(7)8(12)5-6-10(14)15/h2-4,8H,5-6,12H2,1H3,(H,14,15). The van der Waals surface area contributed by atoms with Gasteiger partial charge in [-0.3, -0.25) is 14.9 Å². The minimum Gasteiger partial charge on any atom is -0.481 e. The number of carboxylic acid groups (broad SMARTS) is 1. The maximum atomic E-state index is 10.9. The third kappa shape index (κ3) is 3.25. The van der Waals surface area contributed by atoms with Crippen LogP contribution in [0.1, 0.15) is 30.0 Å². The number of nitrogens with zero attached hydrogens (tertiary/aromatic N) is 1. The van der Waals surface area contributed by atoms with Crippen molar-refractivity contribution in [2.75, 3.05) is 0 Å². The molecule has 3 N–H and O–H groups in total. The topological polar surface area (TPSA) is 106 Å². The molecule has 0 spiro atoms. The largest absolute Gasteiger partial charge is 0.481 e. The lowest BCUT2D eigenvalue weighted by atomic mass is 9.96. The Morgan fingerprint density at radius 2 is 2.24 bits per heavy atom. The van der Waals surface area contributed by atoms with Crippen LogP contribution in [0.25, 0.3) is 0 Å². The third-order valence-electron chi connectivity index (χ3n) is 2.54. The fourth-order valence-corrected chi connectivity index (χ4v) is 1.73. The van der Waals surface area contributed by atoms with Crippen LogP contribution in [-0.2, 0) is 4.79 Å². The summed E-state index contributed by atoms with van der Waals surface area (Å²) >= 11 is 0. The summed E-state index contributed by atoms with van der Waals surface area (Å²) in [5.41, 5.74) is 6.88. The lowest BCUT2D eigenvalue weighted by Crippen LogP contribution is -2.15. The number of nitrogens with two attached hydrogens (primary N) is 1. The van der Waals surface area contributed by atoms with Crippen molar-refractivity contribution in [1.29, 1.82) is 0 Å². The van der Waals surface area contributed by atoms with Crippen LogP contribution >= 0.6 is 0 Å². The molecule has 1 aromatic rings. The average molecular weight is 238 g/mol. The molecule has 1 rings (SSSR count). The van der Waals surface area contributed by atoms with E-state index in [9.17, 15) is 14.9 Å². The first-order valence-electron chi connectivity index (χ1n) is 5.14. The Hall–Kier alpha value is -1.95. The molecule has 1 aromatic carbocycles. The molecule has 0 fully saturated rings. The van der Waals surface area contributed by atoms with Gasteiger partial charge in [-0.25, -0.2) is 0 Å². The van der Waals surface area contributed by atoms with Gasteiger partial charge >= 0.3 is 5.97 Å². The Labute approximate surface area is 98.2 Å². The quantitative estimate of drug-likeness (QED) is 0.600.